The Bertz CT molecular complexity index is 1170. The van der Waals surface area contributed by atoms with Crippen molar-refractivity contribution < 1.29 is 14.3 Å². The van der Waals surface area contributed by atoms with Gasteiger partial charge in [0.2, 0.25) is 5.91 Å². The second kappa shape index (κ2) is 9.28. The Labute approximate surface area is 193 Å². The zero-order valence-electron chi connectivity index (χ0n) is 19.0. The molecule has 0 bridgehead atoms. The number of nitrogens with zero attached hydrogens (tertiary/aromatic N) is 2. The summed E-state index contributed by atoms with van der Waals surface area (Å²) in [7, 11) is 0. The smallest absolute Gasteiger partial charge is 0.278 e. The molecular formula is C27H27N3O3. The average molecular weight is 442 g/mol. The van der Waals surface area contributed by atoms with Crippen LogP contribution >= 0.6 is 0 Å². The molecule has 0 radical (unpaired) electrons. The minimum atomic E-state index is -0.417. The van der Waals surface area contributed by atoms with Gasteiger partial charge in [-0.15, -0.1) is 0 Å². The lowest BCUT2D eigenvalue weighted by atomic mass is 9.82. The van der Waals surface area contributed by atoms with Gasteiger partial charge in [-0.1, -0.05) is 51.1 Å². The number of hydrogen-bond acceptors (Lipinski definition) is 3. The van der Waals surface area contributed by atoms with Crippen molar-refractivity contribution in [2.45, 2.75) is 39.0 Å². The molecule has 168 valence electrons. The highest BCUT2D eigenvalue weighted by molar-refractivity contribution is 6.18. The van der Waals surface area contributed by atoms with E-state index in [0.717, 1.165) is 17.9 Å². The molecule has 1 saturated heterocycles. The number of hydrazine groups is 1. The Morgan fingerprint density at radius 1 is 0.970 bits per heavy atom. The zero-order chi connectivity index (χ0) is 23.4. The number of amides is 2. The number of rotatable bonds is 6. The van der Waals surface area contributed by atoms with Crippen LogP contribution in [0.25, 0.3) is 0 Å². The van der Waals surface area contributed by atoms with Crippen LogP contribution in [-0.2, 0) is 10.2 Å². The number of amidine groups is 1. The third-order valence-corrected chi connectivity index (χ3v) is 5.91. The van der Waals surface area contributed by atoms with Gasteiger partial charge in [0.25, 0.3) is 5.91 Å². The number of benzene rings is 3. The molecule has 6 nitrogen and oxygen atoms in total. The number of nitrogens with one attached hydrogen (secondary N) is 1. The fourth-order valence-electron chi connectivity index (χ4n) is 3.49. The summed E-state index contributed by atoms with van der Waals surface area (Å²) in [6.45, 7) is 6.62. The molecule has 1 N–H and O–H groups in total. The molecule has 0 unspecified atom stereocenters. The van der Waals surface area contributed by atoms with E-state index in [1.54, 1.807) is 29.3 Å². The third kappa shape index (κ3) is 5.12. The maximum Gasteiger partial charge on any atom is 0.278 e. The second-order valence-corrected chi connectivity index (χ2v) is 8.60. The van der Waals surface area contributed by atoms with Crippen LogP contribution in [0, 0.1) is 0 Å². The highest BCUT2D eigenvalue weighted by Gasteiger charge is 2.27. The molecule has 1 heterocycles. The molecule has 4 rings (SSSR count). The van der Waals surface area contributed by atoms with Gasteiger partial charge in [0.15, 0.2) is 0 Å². The lowest BCUT2D eigenvalue weighted by Crippen LogP contribution is -2.36. The molecule has 2 amide bonds. The maximum absolute atomic E-state index is 12.7. The van der Waals surface area contributed by atoms with Gasteiger partial charge < -0.3 is 4.74 Å². The molecule has 1 aliphatic rings. The van der Waals surface area contributed by atoms with Crippen molar-refractivity contribution in [2.24, 2.45) is 4.99 Å². The Kier molecular flexibility index (Phi) is 6.27. The predicted octanol–water partition coefficient (Wildman–Crippen LogP) is 5.65. The molecule has 33 heavy (non-hydrogen) atoms. The molecule has 0 saturated carbocycles. The number of para-hydroxylation sites is 1. The maximum atomic E-state index is 12.7. The minimum Gasteiger partial charge on any atom is -0.457 e. The number of anilines is 1. The summed E-state index contributed by atoms with van der Waals surface area (Å²) in [6.07, 6.45) is 1.10. The Morgan fingerprint density at radius 2 is 1.58 bits per heavy atom. The number of aliphatic imine (C=N–C) groups is 1. The fourth-order valence-corrected chi connectivity index (χ4v) is 3.49. The van der Waals surface area contributed by atoms with Gasteiger partial charge in [-0.25, -0.2) is 5.01 Å². The van der Waals surface area contributed by atoms with E-state index in [9.17, 15) is 9.59 Å². The van der Waals surface area contributed by atoms with E-state index in [0.29, 0.717) is 17.1 Å². The third-order valence-electron chi connectivity index (χ3n) is 5.91. The van der Waals surface area contributed by atoms with Crippen LogP contribution in [0.3, 0.4) is 0 Å². The second-order valence-electron chi connectivity index (χ2n) is 8.60. The van der Waals surface area contributed by atoms with E-state index in [-0.39, 0.29) is 17.7 Å². The molecule has 3 aromatic rings. The summed E-state index contributed by atoms with van der Waals surface area (Å²) in [5.74, 6) is 1.11. The van der Waals surface area contributed by atoms with Gasteiger partial charge >= 0.3 is 0 Å². The van der Waals surface area contributed by atoms with Gasteiger partial charge in [0.1, 0.15) is 17.3 Å². The molecule has 1 fully saturated rings. The van der Waals surface area contributed by atoms with Crippen molar-refractivity contribution in [1.29, 1.82) is 0 Å². The predicted molar refractivity (Wildman–Crippen MR) is 130 cm³/mol. The van der Waals surface area contributed by atoms with Crippen molar-refractivity contribution in [1.82, 2.24) is 5.43 Å². The molecule has 6 heteroatoms. The Hall–Kier alpha value is -3.93. The first kappa shape index (κ1) is 22.3. The van der Waals surface area contributed by atoms with Gasteiger partial charge in [0, 0.05) is 5.56 Å². The lowest BCUT2D eigenvalue weighted by molar-refractivity contribution is -0.118. The summed E-state index contributed by atoms with van der Waals surface area (Å²) in [5.41, 5.74) is 5.27. The summed E-state index contributed by atoms with van der Waals surface area (Å²) < 4.78 is 5.93. The van der Waals surface area contributed by atoms with Crippen molar-refractivity contribution in [3.05, 3.63) is 90.0 Å². The van der Waals surface area contributed by atoms with E-state index in [1.807, 2.05) is 42.5 Å². The molecule has 0 spiro atoms. The highest BCUT2D eigenvalue weighted by Crippen LogP contribution is 2.29. The summed E-state index contributed by atoms with van der Waals surface area (Å²) in [5, 5.41) is 1.54. The molecule has 0 aromatic heterocycles. The first-order chi connectivity index (χ1) is 15.9. The van der Waals surface area contributed by atoms with Crippen LogP contribution in [0.15, 0.2) is 83.9 Å². The normalized spacial score (nSPS) is 14.9. The zero-order valence-corrected chi connectivity index (χ0v) is 19.0. The van der Waals surface area contributed by atoms with E-state index >= 15 is 0 Å². The molecular weight excluding hydrogens is 414 g/mol. The van der Waals surface area contributed by atoms with Gasteiger partial charge in [-0.05, 0) is 65.9 Å². The topological polar surface area (TPSA) is 71.0 Å². The van der Waals surface area contributed by atoms with Crippen molar-refractivity contribution in [2.75, 3.05) is 5.01 Å². The first-order valence-corrected chi connectivity index (χ1v) is 11.0. The lowest BCUT2D eigenvalue weighted by Gasteiger charge is -2.23. The summed E-state index contributed by atoms with van der Waals surface area (Å²) in [4.78, 5) is 28.8. The monoisotopic (exact) mass is 441 g/mol. The van der Waals surface area contributed by atoms with E-state index in [4.69, 9.17) is 4.74 Å². The van der Waals surface area contributed by atoms with Crippen molar-refractivity contribution >= 4 is 23.3 Å². The molecule has 1 aliphatic heterocycles. The van der Waals surface area contributed by atoms with Crippen LogP contribution in [-0.4, -0.2) is 17.6 Å². The van der Waals surface area contributed by atoms with E-state index in [2.05, 4.69) is 43.3 Å². The first-order valence-electron chi connectivity index (χ1n) is 11.0. The van der Waals surface area contributed by atoms with Gasteiger partial charge in [-0.3, -0.25) is 15.0 Å². The van der Waals surface area contributed by atoms with Crippen molar-refractivity contribution in [3.63, 3.8) is 0 Å². The molecule has 0 aliphatic carbocycles. The summed E-state index contributed by atoms with van der Waals surface area (Å²) >= 11 is 0. The average Bonchev–Trinajstić information content (AvgIpc) is 3.20. The summed E-state index contributed by atoms with van der Waals surface area (Å²) in [6, 6.07) is 24.2. The molecule has 0 atom stereocenters. The number of carbonyl (C=O) groups excluding carboxylic acids is 2. The van der Waals surface area contributed by atoms with Crippen LogP contribution in [0.5, 0.6) is 11.5 Å². The number of carbonyl (C=O) groups is 2. The number of ether oxygens (including phenoxy) is 1. The highest BCUT2D eigenvalue weighted by atomic mass is 16.5. The Balaban J connectivity index is 1.45. The minimum absolute atomic E-state index is 0.0483. The fraction of sp³-hybridized carbons (Fsp3) is 0.222. The van der Waals surface area contributed by atoms with E-state index in [1.165, 1.54) is 5.56 Å². The largest absolute Gasteiger partial charge is 0.457 e. The van der Waals surface area contributed by atoms with Gasteiger partial charge in [0.05, 0.1) is 12.1 Å². The Morgan fingerprint density at radius 3 is 2.18 bits per heavy atom. The standard InChI is InChI=1S/C27H27N3O3/c1-4-27(2,3)20-12-16-23(17-13-20)33-22-14-10-19(11-15-22)26(32)28-24-18-25(31)29-30(24)21-8-6-5-7-9-21/h5-17H,4,18H2,1-3H3,(H,29,31). The van der Waals surface area contributed by atoms with Crippen LogP contribution in [0.1, 0.15) is 49.5 Å². The number of hydrogen-bond donors (Lipinski definition) is 1. The van der Waals surface area contributed by atoms with E-state index < -0.39 is 5.91 Å². The van der Waals surface area contributed by atoms with Crippen LogP contribution < -0.4 is 15.2 Å². The molecule has 3 aromatic carbocycles. The van der Waals surface area contributed by atoms with Crippen LogP contribution in [0.2, 0.25) is 0 Å². The van der Waals surface area contributed by atoms with Crippen LogP contribution in [0.4, 0.5) is 5.69 Å². The SMILES string of the molecule is CCC(C)(C)c1ccc(Oc2ccc(C(=O)N=C3CC(=O)NN3c3ccccc3)cc2)cc1. The van der Waals surface area contributed by atoms with Crippen molar-refractivity contribution in [3.8, 4) is 11.5 Å². The quantitative estimate of drug-likeness (QED) is 0.537. The van der Waals surface area contributed by atoms with Gasteiger partial charge in [-0.2, -0.15) is 4.99 Å².